The lowest BCUT2D eigenvalue weighted by atomic mass is 10.4. The molecule has 0 radical (unpaired) electrons. The lowest BCUT2D eigenvalue weighted by Gasteiger charge is -2.19. The van der Waals surface area contributed by atoms with Crippen LogP contribution in [0.4, 0.5) is 9.93 Å². The van der Waals surface area contributed by atoms with Gasteiger partial charge in [0.1, 0.15) is 0 Å². The first-order valence-corrected chi connectivity index (χ1v) is 4.42. The molecule has 0 atom stereocenters. The Morgan fingerprint density at radius 1 is 1.75 bits per heavy atom. The molecule has 1 aromatic heterocycles. The molecule has 0 bridgehead atoms. The van der Waals surface area contributed by atoms with E-state index in [-0.39, 0.29) is 6.04 Å². The maximum absolute atomic E-state index is 10.7. The van der Waals surface area contributed by atoms with Crippen LogP contribution in [-0.2, 0) is 0 Å². The predicted octanol–water partition coefficient (Wildman–Crippen LogP) is 2.04. The summed E-state index contributed by atoms with van der Waals surface area (Å²) in [6.45, 7) is 3.63. The molecule has 66 valence electrons. The zero-order chi connectivity index (χ0) is 9.14. The molecule has 1 N–H and O–H groups in total. The highest BCUT2D eigenvalue weighted by atomic mass is 32.1. The molecule has 0 unspecified atom stereocenters. The second-order valence-electron chi connectivity index (χ2n) is 2.56. The van der Waals surface area contributed by atoms with Crippen molar-refractivity contribution in [3.05, 3.63) is 11.6 Å². The Morgan fingerprint density at radius 2 is 2.42 bits per heavy atom. The van der Waals surface area contributed by atoms with Crippen molar-refractivity contribution in [2.75, 3.05) is 4.90 Å². The SMILES string of the molecule is CC(C)N(C(=O)O)c1nccs1. The molecule has 0 fully saturated rings. The van der Waals surface area contributed by atoms with E-state index < -0.39 is 6.09 Å². The molecule has 0 aliphatic rings. The summed E-state index contributed by atoms with van der Waals surface area (Å²) in [5.74, 6) is 0. The van der Waals surface area contributed by atoms with Crippen LogP contribution >= 0.6 is 11.3 Å². The van der Waals surface area contributed by atoms with Crippen molar-refractivity contribution in [1.29, 1.82) is 0 Å². The Labute approximate surface area is 74.5 Å². The highest BCUT2D eigenvalue weighted by Gasteiger charge is 2.19. The van der Waals surface area contributed by atoms with E-state index in [0.29, 0.717) is 5.13 Å². The van der Waals surface area contributed by atoms with Gasteiger partial charge in [0.05, 0.1) is 0 Å². The summed E-state index contributed by atoms with van der Waals surface area (Å²) in [4.78, 5) is 15.9. The van der Waals surface area contributed by atoms with Gasteiger partial charge in [0, 0.05) is 17.6 Å². The van der Waals surface area contributed by atoms with E-state index >= 15 is 0 Å². The molecule has 0 aliphatic heterocycles. The van der Waals surface area contributed by atoms with Crippen molar-refractivity contribution in [2.24, 2.45) is 0 Å². The summed E-state index contributed by atoms with van der Waals surface area (Å²) in [6, 6.07) is -0.0753. The van der Waals surface area contributed by atoms with Crippen molar-refractivity contribution in [2.45, 2.75) is 19.9 Å². The number of amides is 1. The molecule has 0 spiro atoms. The summed E-state index contributed by atoms with van der Waals surface area (Å²) in [7, 11) is 0. The van der Waals surface area contributed by atoms with Gasteiger partial charge in [-0.2, -0.15) is 0 Å². The fourth-order valence-corrected chi connectivity index (χ4v) is 1.63. The van der Waals surface area contributed by atoms with E-state index in [0.717, 1.165) is 0 Å². The zero-order valence-electron chi connectivity index (χ0n) is 6.89. The third kappa shape index (κ3) is 1.73. The lowest BCUT2D eigenvalue weighted by Crippen LogP contribution is -2.35. The largest absolute Gasteiger partial charge is 0.465 e. The van der Waals surface area contributed by atoms with Crippen molar-refractivity contribution in [3.63, 3.8) is 0 Å². The molecule has 0 aromatic carbocycles. The molecule has 12 heavy (non-hydrogen) atoms. The summed E-state index contributed by atoms with van der Waals surface area (Å²) >= 11 is 1.32. The minimum Gasteiger partial charge on any atom is -0.465 e. The average Bonchev–Trinajstić information content (AvgIpc) is 2.37. The molecule has 1 amide bonds. The van der Waals surface area contributed by atoms with Gasteiger partial charge in [-0.15, -0.1) is 11.3 Å². The molecular weight excluding hydrogens is 176 g/mol. The van der Waals surface area contributed by atoms with Crippen LogP contribution in [0, 0.1) is 0 Å². The second-order valence-corrected chi connectivity index (χ2v) is 3.43. The smallest absolute Gasteiger partial charge is 0.413 e. The monoisotopic (exact) mass is 186 g/mol. The Balaban J connectivity index is 2.88. The molecule has 1 rings (SSSR count). The van der Waals surface area contributed by atoms with Crippen LogP contribution in [0.15, 0.2) is 11.6 Å². The second kappa shape index (κ2) is 3.53. The highest BCUT2D eigenvalue weighted by molar-refractivity contribution is 7.13. The van der Waals surface area contributed by atoms with Gasteiger partial charge in [0.2, 0.25) is 0 Å². The van der Waals surface area contributed by atoms with Gasteiger partial charge >= 0.3 is 6.09 Å². The van der Waals surface area contributed by atoms with Gasteiger partial charge < -0.3 is 5.11 Å². The molecule has 4 nitrogen and oxygen atoms in total. The lowest BCUT2D eigenvalue weighted by molar-refractivity contribution is 0.200. The summed E-state index contributed by atoms with van der Waals surface area (Å²) < 4.78 is 0. The van der Waals surface area contributed by atoms with Gasteiger partial charge in [-0.1, -0.05) is 0 Å². The number of rotatable bonds is 2. The number of anilines is 1. The normalized spacial score (nSPS) is 10.2. The minimum atomic E-state index is -0.958. The summed E-state index contributed by atoms with van der Waals surface area (Å²) in [5.41, 5.74) is 0. The number of carboxylic acid groups (broad SMARTS) is 1. The Kier molecular flexibility index (Phi) is 2.65. The van der Waals surface area contributed by atoms with E-state index in [2.05, 4.69) is 4.98 Å². The van der Waals surface area contributed by atoms with Crippen molar-refractivity contribution < 1.29 is 9.90 Å². The maximum atomic E-state index is 10.7. The third-order valence-electron chi connectivity index (χ3n) is 1.35. The van der Waals surface area contributed by atoms with E-state index in [1.54, 1.807) is 11.6 Å². The molecule has 0 saturated heterocycles. The Hall–Kier alpha value is -1.10. The van der Waals surface area contributed by atoms with Gasteiger partial charge in [-0.25, -0.2) is 9.78 Å². The third-order valence-corrected chi connectivity index (χ3v) is 2.12. The van der Waals surface area contributed by atoms with Crippen molar-refractivity contribution in [3.8, 4) is 0 Å². The van der Waals surface area contributed by atoms with Gasteiger partial charge in [-0.3, -0.25) is 4.90 Å². The van der Waals surface area contributed by atoms with Gasteiger partial charge in [0.15, 0.2) is 5.13 Å². The van der Waals surface area contributed by atoms with Crippen LogP contribution in [-0.4, -0.2) is 22.2 Å². The minimum absolute atomic E-state index is 0.0753. The van der Waals surface area contributed by atoms with Crippen molar-refractivity contribution >= 4 is 22.6 Å². The zero-order valence-corrected chi connectivity index (χ0v) is 7.71. The number of nitrogens with zero attached hydrogens (tertiary/aromatic N) is 2. The topological polar surface area (TPSA) is 53.4 Å². The van der Waals surface area contributed by atoms with E-state index in [1.807, 2.05) is 13.8 Å². The van der Waals surface area contributed by atoms with Crippen LogP contribution in [0.5, 0.6) is 0 Å². The van der Waals surface area contributed by atoms with Crippen LogP contribution in [0.2, 0.25) is 0 Å². The number of carbonyl (C=O) groups is 1. The number of hydrogen-bond acceptors (Lipinski definition) is 3. The van der Waals surface area contributed by atoms with Crippen LogP contribution in [0.1, 0.15) is 13.8 Å². The van der Waals surface area contributed by atoms with E-state index in [9.17, 15) is 4.79 Å². The molecule has 0 saturated carbocycles. The van der Waals surface area contributed by atoms with Gasteiger partial charge in [0.25, 0.3) is 0 Å². The molecular formula is C7H10N2O2S. The Bertz CT molecular complexity index is 258. The maximum Gasteiger partial charge on any atom is 0.413 e. The van der Waals surface area contributed by atoms with Crippen LogP contribution in [0.3, 0.4) is 0 Å². The van der Waals surface area contributed by atoms with Crippen LogP contribution < -0.4 is 4.90 Å². The number of aromatic nitrogens is 1. The van der Waals surface area contributed by atoms with Gasteiger partial charge in [-0.05, 0) is 13.8 Å². The predicted molar refractivity (Wildman–Crippen MR) is 47.8 cm³/mol. The molecule has 0 aliphatic carbocycles. The fourth-order valence-electron chi connectivity index (χ4n) is 0.858. The first-order valence-electron chi connectivity index (χ1n) is 3.54. The fraction of sp³-hybridized carbons (Fsp3) is 0.429. The summed E-state index contributed by atoms with van der Waals surface area (Å²) in [6.07, 6.45) is 0.637. The summed E-state index contributed by atoms with van der Waals surface area (Å²) in [5, 5.41) is 11.1. The quantitative estimate of drug-likeness (QED) is 0.768. The Morgan fingerprint density at radius 3 is 2.75 bits per heavy atom. The highest BCUT2D eigenvalue weighted by Crippen LogP contribution is 2.19. The van der Waals surface area contributed by atoms with E-state index in [4.69, 9.17) is 5.11 Å². The average molecular weight is 186 g/mol. The van der Waals surface area contributed by atoms with Crippen LogP contribution in [0.25, 0.3) is 0 Å². The number of thiazole rings is 1. The van der Waals surface area contributed by atoms with E-state index in [1.165, 1.54) is 16.2 Å². The number of hydrogen-bond donors (Lipinski definition) is 1. The molecule has 1 aromatic rings. The first kappa shape index (κ1) is 8.99. The van der Waals surface area contributed by atoms with Crippen molar-refractivity contribution in [1.82, 2.24) is 4.98 Å². The standard InChI is InChI=1S/C7H10N2O2S/c1-5(2)9(7(10)11)6-8-3-4-12-6/h3-5H,1-2H3,(H,10,11). The first-order chi connectivity index (χ1) is 5.63. The molecule has 1 heterocycles. The molecule has 5 heteroatoms.